The monoisotopic (exact) mass is 529 g/mol. The van der Waals surface area contributed by atoms with E-state index in [-0.39, 0.29) is 5.91 Å². The van der Waals surface area contributed by atoms with Crippen LogP contribution in [0.1, 0.15) is 16.7 Å². The largest absolute Gasteiger partial charge is 0.490 e. The molecule has 2 N–H and O–H groups in total. The van der Waals surface area contributed by atoms with Crippen LogP contribution in [0.15, 0.2) is 60.7 Å². The summed E-state index contributed by atoms with van der Waals surface area (Å²) in [6.45, 7) is 6.78. The fraction of sp³-hybridized carbons (Fsp3) is 0.300. The number of hydrogen-bond acceptors (Lipinski definition) is 6. The zero-order chi connectivity index (χ0) is 26.2. The molecule has 3 aliphatic rings. The summed E-state index contributed by atoms with van der Waals surface area (Å²) >= 11 is 6.22. The van der Waals surface area contributed by atoms with Gasteiger partial charge in [-0.15, -0.1) is 0 Å². The van der Waals surface area contributed by atoms with E-state index < -0.39 is 0 Å². The quantitative estimate of drug-likeness (QED) is 0.461. The highest BCUT2D eigenvalue weighted by molar-refractivity contribution is 6.38. The molecule has 0 atom stereocenters. The molecule has 0 bridgehead atoms. The number of hydrogen-bond donors (Lipinski definition) is 2. The van der Waals surface area contributed by atoms with E-state index in [4.69, 9.17) is 16.3 Å². The first-order chi connectivity index (χ1) is 18.4. The summed E-state index contributed by atoms with van der Waals surface area (Å²) in [5, 5.41) is 7.14. The number of fused-ring (bicyclic) bond motifs is 2. The van der Waals surface area contributed by atoms with Gasteiger partial charge in [0.25, 0.3) is 5.91 Å². The number of likely N-dealkylation sites (N-methyl/N-ethyl adjacent to an activating group) is 2. The van der Waals surface area contributed by atoms with E-state index in [2.05, 4.69) is 69.8 Å². The van der Waals surface area contributed by atoms with E-state index in [1.165, 1.54) is 5.56 Å². The van der Waals surface area contributed by atoms with Gasteiger partial charge in [-0.25, -0.2) is 0 Å². The molecule has 7 nitrogen and oxygen atoms in total. The highest BCUT2D eigenvalue weighted by Crippen LogP contribution is 2.41. The topological polar surface area (TPSA) is 60.1 Å². The van der Waals surface area contributed by atoms with Crippen LogP contribution in [0.3, 0.4) is 0 Å². The lowest BCUT2D eigenvalue weighted by Crippen LogP contribution is -2.43. The van der Waals surface area contributed by atoms with Crippen molar-refractivity contribution in [2.75, 3.05) is 69.0 Å². The van der Waals surface area contributed by atoms with Gasteiger partial charge in [-0.3, -0.25) is 9.69 Å². The number of carbonyl (C=O) groups is 1. The van der Waals surface area contributed by atoms with Crippen LogP contribution < -0.4 is 20.3 Å². The van der Waals surface area contributed by atoms with Gasteiger partial charge in [-0.2, -0.15) is 0 Å². The smallest absolute Gasteiger partial charge is 0.258 e. The van der Waals surface area contributed by atoms with Crippen LogP contribution in [0.2, 0.25) is 5.02 Å². The Morgan fingerprint density at radius 2 is 1.76 bits per heavy atom. The van der Waals surface area contributed by atoms with Gasteiger partial charge >= 0.3 is 0 Å². The number of ether oxygens (including phenoxy) is 1. The maximum absolute atomic E-state index is 13.3. The normalized spacial score (nSPS) is 18.9. The number of piperazine rings is 1. The predicted molar refractivity (Wildman–Crippen MR) is 155 cm³/mol. The molecule has 1 saturated heterocycles. The van der Waals surface area contributed by atoms with Crippen molar-refractivity contribution in [1.82, 2.24) is 9.80 Å². The van der Waals surface area contributed by atoms with Crippen LogP contribution >= 0.6 is 11.6 Å². The first kappa shape index (κ1) is 24.8. The molecule has 38 heavy (non-hydrogen) atoms. The Labute approximate surface area is 228 Å². The number of nitrogens with one attached hydrogen (secondary N) is 2. The van der Waals surface area contributed by atoms with Crippen LogP contribution in [0, 0.1) is 0 Å². The molecular formula is C30H32ClN5O2. The van der Waals surface area contributed by atoms with Crippen LogP contribution in [0.5, 0.6) is 5.75 Å². The fourth-order valence-corrected chi connectivity index (χ4v) is 5.46. The lowest BCUT2D eigenvalue weighted by molar-refractivity contribution is -0.110. The number of benzene rings is 3. The Balaban J connectivity index is 1.35. The second kappa shape index (κ2) is 10.3. The molecule has 6 rings (SSSR count). The second-order valence-corrected chi connectivity index (χ2v) is 10.7. The minimum atomic E-state index is -0.160. The Morgan fingerprint density at radius 1 is 0.974 bits per heavy atom. The third-order valence-corrected chi connectivity index (χ3v) is 7.78. The summed E-state index contributed by atoms with van der Waals surface area (Å²) in [7, 11) is 4.24. The van der Waals surface area contributed by atoms with E-state index in [1.807, 2.05) is 24.3 Å². The van der Waals surface area contributed by atoms with Gasteiger partial charge in [0, 0.05) is 61.6 Å². The molecule has 0 unspecified atom stereocenters. The van der Waals surface area contributed by atoms with Gasteiger partial charge in [0.2, 0.25) is 0 Å². The number of rotatable bonds is 5. The van der Waals surface area contributed by atoms with E-state index in [0.29, 0.717) is 22.9 Å². The average molecular weight is 530 g/mol. The standard InChI is InChI=1S/C30H32ClN5O2/c1-34-11-13-36(14-12-34)19-20-3-7-23(8-4-20)32-29(21-5-10-26-27(17-21)38-16-15-35(26)2)28-24-9-6-22(31)18-25(24)33-30(28)37/h3-10,17-18,32H,11-16,19H2,1-2H3,(H,33,37)/b29-28-. The van der Waals surface area contributed by atoms with E-state index >= 15 is 0 Å². The molecule has 0 aromatic heterocycles. The minimum Gasteiger partial charge on any atom is -0.490 e. The molecule has 196 valence electrons. The van der Waals surface area contributed by atoms with Crippen molar-refractivity contribution in [1.29, 1.82) is 0 Å². The lowest BCUT2D eigenvalue weighted by Gasteiger charge is -2.32. The zero-order valence-electron chi connectivity index (χ0n) is 21.8. The van der Waals surface area contributed by atoms with Gasteiger partial charge < -0.3 is 25.2 Å². The van der Waals surface area contributed by atoms with Gasteiger partial charge in [0.05, 0.1) is 29.2 Å². The van der Waals surface area contributed by atoms with Crippen molar-refractivity contribution >= 4 is 45.8 Å². The highest BCUT2D eigenvalue weighted by Gasteiger charge is 2.29. The van der Waals surface area contributed by atoms with Crippen LogP contribution in [0.25, 0.3) is 11.3 Å². The molecule has 3 aromatic carbocycles. The summed E-state index contributed by atoms with van der Waals surface area (Å²) in [6.07, 6.45) is 0. The van der Waals surface area contributed by atoms with Gasteiger partial charge in [-0.05, 0) is 49.0 Å². The van der Waals surface area contributed by atoms with Gasteiger partial charge in [-0.1, -0.05) is 35.9 Å². The number of carbonyl (C=O) groups excluding carboxylic acids is 1. The maximum atomic E-state index is 13.3. The summed E-state index contributed by atoms with van der Waals surface area (Å²) in [5.41, 5.74) is 6.97. The summed E-state index contributed by atoms with van der Waals surface area (Å²) in [4.78, 5) is 20.3. The Morgan fingerprint density at radius 3 is 2.55 bits per heavy atom. The SMILES string of the molecule is CN1CCN(Cc2ccc(N/C(=C3\C(=O)Nc4cc(Cl)ccc43)c3ccc4c(c3)OCCN4C)cc2)CC1. The fourth-order valence-electron chi connectivity index (χ4n) is 5.29. The molecule has 0 aliphatic carbocycles. The van der Waals surface area contributed by atoms with E-state index in [9.17, 15) is 4.79 Å². The van der Waals surface area contributed by atoms with Crippen molar-refractivity contribution in [2.45, 2.75) is 6.54 Å². The molecular weight excluding hydrogens is 498 g/mol. The van der Waals surface area contributed by atoms with Crippen molar-refractivity contribution in [2.24, 2.45) is 0 Å². The van der Waals surface area contributed by atoms with Crippen LogP contribution in [-0.2, 0) is 11.3 Å². The van der Waals surface area contributed by atoms with Crippen LogP contribution in [0.4, 0.5) is 17.1 Å². The Kier molecular flexibility index (Phi) is 6.74. The molecule has 8 heteroatoms. The highest BCUT2D eigenvalue weighted by atomic mass is 35.5. The molecule has 0 radical (unpaired) electrons. The molecule has 1 amide bonds. The first-order valence-corrected chi connectivity index (χ1v) is 13.4. The second-order valence-electron chi connectivity index (χ2n) is 10.2. The summed E-state index contributed by atoms with van der Waals surface area (Å²) in [5.74, 6) is 0.653. The molecule has 3 aromatic rings. The van der Waals surface area contributed by atoms with Gasteiger partial charge in [0.1, 0.15) is 12.4 Å². The zero-order valence-corrected chi connectivity index (χ0v) is 22.5. The van der Waals surface area contributed by atoms with Crippen molar-refractivity contribution in [3.05, 3.63) is 82.4 Å². The van der Waals surface area contributed by atoms with Crippen molar-refractivity contribution in [3.63, 3.8) is 0 Å². The van der Waals surface area contributed by atoms with Crippen LogP contribution in [-0.4, -0.2) is 69.1 Å². The first-order valence-electron chi connectivity index (χ1n) is 13.1. The Hall–Kier alpha value is -3.52. The molecule has 3 heterocycles. The summed E-state index contributed by atoms with van der Waals surface area (Å²) in [6, 6.07) is 20.1. The minimum absolute atomic E-state index is 0.160. The van der Waals surface area contributed by atoms with E-state index in [0.717, 1.165) is 73.2 Å². The summed E-state index contributed by atoms with van der Waals surface area (Å²) < 4.78 is 5.99. The number of halogens is 1. The third kappa shape index (κ3) is 4.97. The third-order valence-electron chi connectivity index (χ3n) is 7.55. The molecule has 0 saturated carbocycles. The lowest BCUT2D eigenvalue weighted by atomic mass is 9.99. The number of anilines is 3. The Bertz CT molecular complexity index is 1400. The average Bonchev–Trinajstić information content (AvgIpc) is 3.24. The van der Waals surface area contributed by atoms with Crippen molar-refractivity contribution < 1.29 is 9.53 Å². The van der Waals surface area contributed by atoms with E-state index in [1.54, 1.807) is 6.07 Å². The van der Waals surface area contributed by atoms with Crippen molar-refractivity contribution in [3.8, 4) is 5.75 Å². The molecule has 1 fully saturated rings. The number of amides is 1. The maximum Gasteiger partial charge on any atom is 0.258 e. The molecule has 3 aliphatic heterocycles. The number of nitrogens with zero attached hydrogens (tertiary/aromatic N) is 3. The molecule has 0 spiro atoms. The predicted octanol–water partition coefficient (Wildman–Crippen LogP) is 4.85. The van der Waals surface area contributed by atoms with Gasteiger partial charge in [0.15, 0.2) is 0 Å².